The Morgan fingerprint density at radius 1 is 1.28 bits per heavy atom. The van der Waals surface area contributed by atoms with E-state index >= 15 is 0 Å². The van der Waals surface area contributed by atoms with Crippen molar-refractivity contribution in [1.29, 1.82) is 0 Å². The van der Waals surface area contributed by atoms with E-state index in [1.165, 1.54) is 30.5 Å². The van der Waals surface area contributed by atoms with Crippen molar-refractivity contribution in [3.63, 3.8) is 0 Å². The lowest BCUT2D eigenvalue weighted by Gasteiger charge is -2.23. The predicted octanol–water partition coefficient (Wildman–Crippen LogP) is 4.12. The van der Waals surface area contributed by atoms with E-state index in [9.17, 15) is 0 Å². The SMILES string of the molecule is CCCC(C)CC(NCC)c1ncccc1CC. The summed E-state index contributed by atoms with van der Waals surface area (Å²) in [6, 6.07) is 4.66. The molecule has 1 heterocycles. The number of pyridine rings is 1. The van der Waals surface area contributed by atoms with Gasteiger partial charge in [0.05, 0.1) is 5.69 Å². The first-order valence-corrected chi connectivity index (χ1v) is 7.40. The molecule has 0 amide bonds. The highest BCUT2D eigenvalue weighted by molar-refractivity contribution is 5.22. The summed E-state index contributed by atoms with van der Waals surface area (Å²) < 4.78 is 0. The van der Waals surface area contributed by atoms with Gasteiger partial charge < -0.3 is 5.32 Å². The zero-order valence-electron chi connectivity index (χ0n) is 12.4. The van der Waals surface area contributed by atoms with E-state index in [1.807, 2.05) is 12.3 Å². The van der Waals surface area contributed by atoms with Crippen molar-refractivity contribution < 1.29 is 0 Å². The summed E-state index contributed by atoms with van der Waals surface area (Å²) in [5.41, 5.74) is 2.64. The zero-order chi connectivity index (χ0) is 13.4. The van der Waals surface area contributed by atoms with Gasteiger partial charge in [-0.2, -0.15) is 0 Å². The van der Waals surface area contributed by atoms with Gasteiger partial charge >= 0.3 is 0 Å². The minimum atomic E-state index is 0.410. The molecular weight excluding hydrogens is 220 g/mol. The zero-order valence-corrected chi connectivity index (χ0v) is 12.4. The normalized spacial score (nSPS) is 14.4. The molecule has 102 valence electrons. The van der Waals surface area contributed by atoms with Crippen LogP contribution in [0.4, 0.5) is 0 Å². The standard InChI is InChI=1S/C16H28N2/c1-5-9-13(4)12-15(17-7-3)16-14(6-2)10-8-11-18-16/h8,10-11,13,15,17H,5-7,9,12H2,1-4H3. The second-order valence-corrected chi connectivity index (χ2v) is 5.14. The number of rotatable bonds is 8. The van der Waals surface area contributed by atoms with Gasteiger partial charge in [0.15, 0.2) is 0 Å². The van der Waals surface area contributed by atoms with Crippen molar-refractivity contribution in [2.45, 2.75) is 59.4 Å². The maximum absolute atomic E-state index is 4.62. The van der Waals surface area contributed by atoms with Gasteiger partial charge in [0, 0.05) is 12.2 Å². The smallest absolute Gasteiger partial charge is 0.0605 e. The number of nitrogens with zero attached hydrogens (tertiary/aromatic N) is 1. The van der Waals surface area contributed by atoms with Crippen LogP contribution < -0.4 is 5.32 Å². The van der Waals surface area contributed by atoms with Crippen molar-refractivity contribution in [1.82, 2.24) is 10.3 Å². The third-order valence-corrected chi connectivity index (χ3v) is 3.51. The van der Waals surface area contributed by atoms with E-state index in [0.717, 1.165) is 18.9 Å². The highest BCUT2D eigenvalue weighted by Crippen LogP contribution is 2.25. The average Bonchev–Trinajstić information content (AvgIpc) is 2.38. The van der Waals surface area contributed by atoms with Gasteiger partial charge in [-0.25, -0.2) is 0 Å². The van der Waals surface area contributed by atoms with Crippen LogP contribution in [0.3, 0.4) is 0 Å². The first-order chi connectivity index (χ1) is 8.72. The summed E-state index contributed by atoms with van der Waals surface area (Å²) in [5, 5.41) is 3.60. The van der Waals surface area contributed by atoms with Crippen molar-refractivity contribution in [2.75, 3.05) is 6.54 Å². The number of hydrogen-bond donors (Lipinski definition) is 1. The topological polar surface area (TPSA) is 24.9 Å². The van der Waals surface area contributed by atoms with E-state index < -0.39 is 0 Å². The van der Waals surface area contributed by atoms with Gasteiger partial charge in [-0.15, -0.1) is 0 Å². The first-order valence-electron chi connectivity index (χ1n) is 7.40. The van der Waals surface area contributed by atoms with Crippen molar-refractivity contribution in [3.05, 3.63) is 29.6 Å². The van der Waals surface area contributed by atoms with Crippen LogP contribution in [0.2, 0.25) is 0 Å². The molecule has 0 aromatic carbocycles. The molecule has 0 aliphatic rings. The van der Waals surface area contributed by atoms with Crippen molar-refractivity contribution in [3.8, 4) is 0 Å². The van der Waals surface area contributed by atoms with E-state index in [2.05, 4.69) is 44.1 Å². The van der Waals surface area contributed by atoms with Gasteiger partial charge in [-0.05, 0) is 36.9 Å². The molecule has 2 atom stereocenters. The van der Waals surface area contributed by atoms with Crippen LogP contribution in [0.25, 0.3) is 0 Å². The maximum Gasteiger partial charge on any atom is 0.0605 e. The Morgan fingerprint density at radius 3 is 2.67 bits per heavy atom. The van der Waals surface area contributed by atoms with Crippen LogP contribution in [-0.2, 0) is 6.42 Å². The van der Waals surface area contributed by atoms with E-state index in [0.29, 0.717) is 6.04 Å². The minimum Gasteiger partial charge on any atom is -0.309 e. The highest BCUT2D eigenvalue weighted by atomic mass is 14.9. The fourth-order valence-electron chi connectivity index (χ4n) is 2.61. The molecule has 1 N–H and O–H groups in total. The summed E-state index contributed by atoms with van der Waals surface area (Å²) in [5.74, 6) is 0.755. The molecule has 2 heteroatoms. The van der Waals surface area contributed by atoms with Crippen molar-refractivity contribution >= 4 is 0 Å². The van der Waals surface area contributed by atoms with E-state index in [4.69, 9.17) is 0 Å². The molecule has 0 fully saturated rings. The Morgan fingerprint density at radius 2 is 2.06 bits per heavy atom. The molecule has 1 rings (SSSR count). The Balaban J connectivity index is 2.82. The van der Waals surface area contributed by atoms with Gasteiger partial charge in [-0.1, -0.05) is 46.6 Å². The molecule has 0 saturated heterocycles. The second kappa shape index (κ2) is 8.25. The molecule has 1 aromatic rings. The largest absolute Gasteiger partial charge is 0.309 e. The van der Waals surface area contributed by atoms with Crippen LogP contribution >= 0.6 is 0 Å². The summed E-state index contributed by atoms with van der Waals surface area (Å²) in [4.78, 5) is 4.62. The fraction of sp³-hybridized carbons (Fsp3) is 0.688. The predicted molar refractivity (Wildman–Crippen MR) is 78.7 cm³/mol. The molecule has 2 unspecified atom stereocenters. The quantitative estimate of drug-likeness (QED) is 0.748. The lowest BCUT2D eigenvalue weighted by Crippen LogP contribution is -2.25. The number of aromatic nitrogens is 1. The monoisotopic (exact) mass is 248 g/mol. The van der Waals surface area contributed by atoms with Crippen LogP contribution in [0.15, 0.2) is 18.3 Å². The molecule has 1 aromatic heterocycles. The lowest BCUT2D eigenvalue weighted by atomic mass is 9.93. The Kier molecular flexibility index (Phi) is 6.96. The van der Waals surface area contributed by atoms with Crippen molar-refractivity contribution in [2.24, 2.45) is 5.92 Å². The maximum atomic E-state index is 4.62. The van der Waals surface area contributed by atoms with Gasteiger partial charge in [0.2, 0.25) is 0 Å². The third kappa shape index (κ3) is 4.41. The molecule has 0 bridgehead atoms. The van der Waals surface area contributed by atoms with Crippen LogP contribution in [0, 0.1) is 5.92 Å². The molecule has 0 aliphatic carbocycles. The number of aryl methyl sites for hydroxylation is 1. The summed E-state index contributed by atoms with van der Waals surface area (Å²) in [6.45, 7) is 9.99. The molecule has 2 nitrogen and oxygen atoms in total. The Labute approximate surface area is 112 Å². The number of hydrogen-bond acceptors (Lipinski definition) is 2. The second-order valence-electron chi connectivity index (χ2n) is 5.14. The van der Waals surface area contributed by atoms with Gasteiger partial charge in [-0.3, -0.25) is 4.98 Å². The molecule has 0 aliphatic heterocycles. The third-order valence-electron chi connectivity index (χ3n) is 3.51. The van der Waals surface area contributed by atoms with Crippen LogP contribution in [0.5, 0.6) is 0 Å². The minimum absolute atomic E-state index is 0.410. The molecule has 0 spiro atoms. The lowest BCUT2D eigenvalue weighted by molar-refractivity contribution is 0.388. The summed E-state index contributed by atoms with van der Waals surface area (Å²) >= 11 is 0. The molecule has 0 saturated carbocycles. The molecular formula is C16H28N2. The fourth-order valence-corrected chi connectivity index (χ4v) is 2.61. The molecule has 18 heavy (non-hydrogen) atoms. The van der Waals surface area contributed by atoms with Gasteiger partial charge in [0.1, 0.15) is 0 Å². The summed E-state index contributed by atoms with van der Waals surface area (Å²) in [7, 11) is 0. The Hall–Kier alpha value is -0.890. The van der Waals surface area contributed by atoms with E-state index in [1.54, 1.807) is 0 Å². The van der Waals surface area contributed by atoms with E-state index in [-0.39, 0.29) is 0 Å². The first kappa shape index (κ1) is 15.2. The highest BCUT2D eigenvalue weighted by Gasteiger charge is 2.17. The molecule has 0 radical (unpaired) electrons. The Bertz CT molecular complexity index is 336. The van der Waals surface area contributed by atoms with Crippen LogP contribution in [-0.4, -0.2) is 11.5 Å². The van der Waals surface area contributed by atoms with Crippen LogP contribution in [0.1, 0.15) is 64.3 Å². The summed E-state index contributed by atoms with van der Waals surface area (Å²) in [6.07, 6.45) is 6.74. The average molecular weight is 248 g/mol. The number of nitrogens with one attached hydrogen (secondary N) is 1. The van der Waals surface area contributed by atoms with Gasteiger partial charge in [0.25, 0.3) is 0 Å².